The van der Waals surface area contributed by atoms with Gasteiger partial charge in [0.2, 0.25) is 0 Å². The van der Waals surface area contributed by atoms with Crippen LogP contribution in [0.5, 0.6) is 0 Å². The summed E-state index contributed by atoms with van der Waals surface area (Å²) in [6.07, 6.45) is 8.78. The molecule has 18 heavy (non-hydrogen) atoms. The largest absolute Gasteiger partial charge is 0.335 e. The van der Waals surface area contributed by atoms with Gasteiger partial charge in [-0.25, -0.2) is 4.79 Å². The van der Waals surface area contributed by atoms with Gasteiger partial charge >= 0.3 is 6.03 Å². The van der Waals surface area contributed by atoms with Gasteiger partial charge in [0.15, 0.2) is 0 Å². The first-order chi connectivity index (χ1) is 8.77. The lowest BCUT2D eigenvalue weighted by Crippen LogP contribution is -2.65. The number of carbonyl (C=O) groups excluding carboxylic acids is 1. The van der Waals surface area contributed by atoms with E-state index >= 15 is 0 Å². The van der Waals surface area contributed by atoms with Gasteiger partial charge in [0.05, 0.1) is 0 Å². The fraction of sp³-hybridized carbons (Fsp3) is 0.929. The van der Waals surface area contributed by atoms with Gasteiger partial charge in [-0.05, 0) is 32.2 Å². The molecule has 1 spiro atoms. The van der Waals surface area contributed by atoms with Gasteiger partial charge in [-0.1, -0.05) is 19.3 Å². The Balaban J connectivity index is 1.44. The van der Waals surface area contributed by atoms with Crippen molar-refractivity contribution < 1.29 is 4.79 Å². The fourth-order valence-corrected chi connectivity index (χ4v) is 3.72. The number of amides is 2. The maximum Gasteiger partial charge on any atom is 0.317 e. The first-order valence-electron chi connectivity index (χ1n) is 7.54. The zero-order chi connectivity index (χ0) is 12.4. The van der Waals surface area contributed by atoms with Crippen LogP contribution in [0.4, 0.5) is 4.79 Å². The normalized spacial score (nSPS) is 27.9. The van der Waals surface area contributed by atoms with Crippen LogP contribution in [-0.4, -0.2) is 43.2 Å². The van der Waals surface area contributed by atoms with E-state index in [4.69, 9.17) is 0 Å². The number of hydrogen-bond acceptors (Lipinski definition) is 2. The van der Waals surface area contributed by atoms with Gasteiger partial charge in [-0.3, -0.25) is 0 Å². The number of nitrogens with zero attached hydrogens (tertiary/aromatic N) is 1. The van der Waals surface area contributed by atoms with Gasteiger partial charge in [-0.2, -0.15) is 0 Å². The highest BCUT2D eigenvalue weighted by Gasteiger charge is 2.45. The second-order valence-electron chi connectivity index (χ2n) is 6.42. The van der Waals surface area contributed by atoms with Crippen LogP contribution in [0.25, 0.3) is 0 Å². The van der Waals surface area contributed by atoms with Crippen LogP contribution >= 0.6 is 0 Å². The third-order valence-electron chi connectivity index (χ3n) is 4.83. The zero-order valence-corrected chi connectivity index (χ0v) is 11.2. The Bertz CT molecular complexity index is 298. The van der Waals surface area contributed by atoms with E-state index in [0.717, 1.165) is 26.2 Å². The highest BCUT2D eigenvalue weighted by molar-refractivity contribution is 5.75. The van der Waals surface area contributed by atoms with E-state index in [-0.39, 0.29) is 6.03 Å². The molecule has 0 aromatic carbocycles. The van der Waals surface area contributed by atoms with Gasteiger partial charge < -0.3 is 15.5 Å². The summed E-state index contributed by atoms with van der Waals surface area (Å²) in [5, 5.41) is 6.67. The predicted molar refractivity (Wildman–Crippen MR) is 71.5 cm³/mol. The van der Waals surface area contributed by atoms with E-state index in [9.17, 15) is 4.79 Å². The SMILES string of the molecule is O=C(NC1CCCCC1)N1CC2(CCCNC2)C1. The Morgan fingerprint density at radius 2 is 1.94 bits per heavy atom. The monoisotopic (exact) mass is 251 g/mol. The third kappa shape index (κ3) is 2.48. The molecule has 3 fully saturated rings. The molecule has 4 nitrogen and oxygen atoms in total. The van der Waals surface area contributed by atoms with Gasteiger partial charge in [0.1, 0.15) is 0 Å². The fourth-order valence-electron chi connectivity index (χ4n) is 3.72. The third-order valence-corrected chi connectivity index (χ3v) is 4.83. The number of carbonyl (C=O) groups is 1. The molecule has 0 bridgehead atoms. The lowest BCUT2D eigenvalue weighted by molar-refractivity contribution is 0.0105. The van der Waals surface area contributed by atoms with Crippen molar-refractivity contribution in [2.24, 2.45) is 5.41 Å². The number of piperidine rings is 1. The molecule has 1 saturated carbocycles. The van der Waals surface area contributed by atoms with E-state index in [1.165, 1.54) is 44.9 Å². The molecule has 2 N–H and O–H groups in total. The molecule has 2 heterocycles. The summed E-state index contributed by atoms with van der Waals surface area (Å²) in [5.74, 6) is 0. The van der Waals surface area contributed by atoms with Gasteiger partial charge in [-0.15, -0.1) is 0 Å². The van der Waals surface area contributed by atoms with Crippen molar-refractivity contribution in [2.75, 3.05) is 26.2 Å². The first-order valence-corrected chi connectivity index (χ1v) is 7.54. The quantitative estimate of drug-likeness (QED) is 0.745. The van der Waals surface area contributed by atoms with Crippen LogP contribution in [-0.2, 0) is 0 Å². The topological polar surface area (TPSA) is 44.4 Å². The molecule has 1 aliphatic carbocycles. The van der Waals surface area contributed by atoms with Crippen molar-refractivity contribution in [3.63, 3.8) is 0 Å². The number of hydrogen-bond donors (Lipinski definition) is 2. The molecule has 3 aliphatic rings. The predicted octanol–water partition coefficient (Wildman–Crippen LogP) is 1.71. The van der Waals surface area contributed by atoms with Crippen LogP contribution < -0.4 is 10.6 Å². The maximum atomic E-state index is 12.1. The Morgan fingerprint density at radius 3 is 2.61 bits per heavy atom. The lowest BCUT2D eigenvalue weighted by atomic mass is 9.74. The molecule has 0 atom stereocenters. The molecule has 2 aliphatic heterocycles. The summed E-state index contributed by atoms with van der Waals surface area (Å²) < 4.78 is 0. The molecule has 0 aromatic rings. The molecule has 102 valence electrons. The van der Waals surface area contributed by atoms with Crippen LogP contribution in [0, 0.1) is 5.41 Å². The number of urea groups is 1. The maximum absolute atomic E-state index is 12.1. The summed E-state index contributed by atoms with van der Waals surface area (Å²) in [4.78, 5) is 14.1. The summed E-state index contributed by atoms with van der Waals surface area (Å²) >= 11 is 0. The van der Waals surface area contributed by atoms with Gasteiger partial charge in [0.25, 0.3) is 0 Å². The first kappa shape index (κ1) is 12.3. The van der Waals surface area contributed by atoms with E-state index < -0.39 is 0 Å². The van der Waals surface area contributed by atoms with Crippen molar-refractivity contribution in [3.8, 4) is 0 Å². The average molecular weight is 251 g/mol. The summed E-state index contributed by atoms with van der Waals surface area (Å²) in [6, 6.07) is 0.616. The van der Waals surface area contributed by atoms with Crippen LogP contribution in [0.3, 0.4) is 0 Å². The van der Waals surface area contributed by atoms with Crippen LogP contribution in [0.1, 0.15) is 44.9 Å². The second-order valence-corrected chi connectivity index (χ2v) is 6.42. The minimum Gasteiger partial charge on any atom is -0.335 e. The number of nitrogens with one attached hydrogen (secondary N) is 2. The molecular formula is C14H25N3O. The summed E-state index contributed by atoms with van der Waals surface area (Å²) in [7, 11) is 0. The highest BCUT2D eigenvalue weighted by Crippen LogP contribution is 2.36. The lowest BCUT2D eigenvalue weighted by Gasteiger charge is -2.52. The number of rotatable bonds is 1. The van der Waals surface area contributed by atoms with Crippen LogP contribution in [0.15, 0.2) is 0 Å². The van der Waals surface area contributed by atoms with Crippen molar-refractivity contribution in [2.45, 2.75) is 51.0 Å². The molecule has 2 saturated heterocycles. The van der Waals surface area contributed by atoms with Gasteiger partial charge in [0, 0.05) is 31.1 Å². The molecular weight excluding hydrogens is 226 g/mol. The Labute approximate surface area is 109 Å². The molecule has 0 radical (unpaired) electrons. The summed E-state index contributed by atoms with van der Waals surface area (Å²) in [6.45, 7) is 4.16. The summed E-state index contributed by atoms with van der Waals surface area (Å²) in [5.41, 5.74) is 0.405. The zero-order valence-electron chi connectivity index (χ0n) is 11.2. The molecule has 0 aromatic heterocycles. The number of likely N-dealkylation sites (tertiary alicyclic amines) is 1. The van der Waals surface area contributed by atoms with E-state index in [1.807, 2.05) is 4.90 Å². The average Bonchev–Trinajstić information content (AvgIpc) is 2.38. The van der Waals surface area contributed by atoms with Crippen molar-refractivity contribution in [1.29, 1.82) is 0 Å². The van der Waals surface area contributed by atoms with Crippen LogP contribution in [0.2, 0.25) is 0 Å². The standard InChI is InChI=1S/C14H25N3O/c18-13(16-12-5-2-1-3-6-12)17-10-14(11-17)7-4-8-15-9-14/h12,15H,1-11H2,(H,16,18). The molecule has 4 heteroatoms. The minimum absolute atomic E-state index is 0.179. The smallest absolute Gasteiger partial charge is 0.317 e. The Kier molecular flexibility index (Phi) is 3.46. The highest BCUT2D eigenvalue weighted by atomic mass is 16.2. The van der Waals surface area contributed by atoms with E-state index in [1.54, 1.807) is 0 Å². The molecule has 0 unspecified atom stereocenters. The Hall–Kier alpha value is -0.770. The van der Waals surface area contributed by atoms with Crippen molar-refractivity contribution in [3.05, 3.63) is 0 Å². The minimum atomic E-state index is 0.179. The molecule has 2 amide bonds. The van der Waals surface area contributed by atoms with E-state index in [0.29, 0.717) is 11.5 Å². The molecule has 3 rings (SSSR count). The van der Waals surface area contributed by atoms with E-state index in [2.05, 4.69) is 10.6 Å². The Morgan fingerprint density at radius 1 is 1.17 bits per heavy atom. The second kappa shape index (κ2) is 5.08. The van der Waals surface area contributed by atoms with Crippen molar-refractivity contribution in [1.82, 2.24) is 15.5 Å². The van der Waals surface area contributed by atoms with Crippen molar-refractivity contribution >= 4 is 6.03 Å².